The minimum absolute atomic E-state index is 0.0608. The fraction of sp³-hybridized carbons (Fsp3) is 0.346. The Balaban J connectivity index is 1.43. The second kappa shape index (κ2) is 11.7. The molecule has 0 aliphatic rings. The summed E-state index contributed by atoms with van der Waals surface area (Å²) in [6, 6.07) is 14.8. The quantitative estimate of drug-likeness (QED) is 0.250. The van der Waals surface area contributed by atoms with Gasteiger partial charge in [-0.25, -0.2) is 0 Å². The standard InChI is InChI=1S/C26H31N7O3/c1-16-20(13-27-21-10-7-19(8-11-21)9-12-24-30-32-33-31-24)5-4-6-23(16)25-17(2)28-26(29-18(25)3)36-15-22(35)14-34/h4-8,10-11,22,27,34-35H,9,12-15H2,1-3H3,(H,30,31,32,33)/t22-/m1/s1. The molecule has 0 spiro atoms. The predicted octanol–water partition coefficient (Wildman–Crippen LogP) is 2.71. The third-order valence-electron chi connectivity index (χ3n) is 6.04. The molecule has 0 bridgehead atoms. The van der Waals surface area contributed by atoms with Gasteiger partial charge in [-0.1, -0.05) is 35.5 Å². The summed E-state index contributed by atoms with van der Waals surface area (Å²) >= 11 is 0. The molecule has 2 aromatic carbocycles. The summed E-state index contributed by atoms with van der Waals surface area (Å²) in [4.78, 5) is 8.93. The first kappa shape index (κ1) is 25.2. The number of nitrogens with one attached hydrogen (secondary N) is 2. The molecule has 4 rings (SSSR count). The van der Waals surface area contributed by atoms with Crippen LogP contribution in [0.5, 0.6) is 6.01 Å². The number of aromatic amines is 1. The largest absolute Gasteiger partial charge is 0.461 e. The Labute approximate surface area is 209 Å². The molecule has 0 saturated heterocycles. The van der Waals surface area contributed by atoms with Gasteiger partial charge in [0, 0.05) is 24.2 Å². The first-order valence-corrected chi connectivity index (χ1v) is 11.9. The molecule has 0 unspecified atom stereocenters. The molecule has 0 fully saturated rings. The van der Waals surface area contributed by atoms with E-state index in [-0.39, 0.29) is 19.2 Å². The molecular weight excluding hydrogens is 458 g/mol. The SMILES string of the molecule is Cc1nc(OC[C@H](O)CO)nc(C)c1-c1cccc(CNc2ccc(CCc3nn[nH]n3)cc2)c1C. The lowest BCUT2D eigenvalue weighted by Gasteiger charge is -2.17. The number of ether oxygens (including phenoxy) is 1. The van der Waals surface area contributed by atoms with E-state index in [9.17, 15) is 5.11 Å². The highest BCUT2D eigenvalue weighted by molar-refractivity contribution is 5.72. The zero-order valence-corrected chi connectivity index (χ0v) is 20.7. The number of nitrogens with zero attached hydrogens (tertiary/aromatic N) is 5. The van der Waals surface area contributed by atoms with Crippen LogP contribution in [0.15, 0.2) is 42.5 Å². The Morgan fingerprint density at radius 1 is 1.00 bits per heavy atom. The summed E-state index contributed by atoms with van der Waals surface area (Å²) in [6.07, 6.45) is 0.636. The van der Waals surface area contributed by atoms with Gasteiger partial charge < -0.3 is 20.3 Å². The number of hydrogen-bond acceptors (Lipinski definition) is 9. The zero-order valence-electron chi connectivity index (χ0n) is 20.7. The van der Waals surface area contributed by atoms with Crippen LogP contribution in [0.3, 0.4) is 0 Å². The van der Waals surface area contributed by atoms with E-state index in [2.05, 4.69) is 79.2 Å². The number of benzene rings is 2. The third-order valence-corrected chi connectivity index (χ3v) is 6.04. The summed E-state index contributed by atoms with van der Waals surface area (Å²) in [5.74, 6) is 0.714. The average molecular weight is 490 g/mol. The van der Waals surface area contributed by atoms with Crippen molar-refractivity contribution in [3.63, 3.8) is 0 Å². The number of aromatic nitrogens is 6. The van der Waals surface area contributed by atoms with Gasteiger partial charge in [0.25, 0.3) is 0 Å². The molecule has 10 heteroatoms. The van der Waals surface area contributed by atoms with Gasteiger partial charge in [0.1, 0.15) is 12.7 Å². The molecule has 0 aliphatic heterocycles. The van der Waals surface area contributed by atoms with Crippen molar-refractivity contribution in [3.05, 3.63) is 76.4 Å². The number of hydrogen-bond donors (Lipinski definition) is 4. The molecule has 188 valence electrons. The fourth-order valence-electron chi connectivity index (χ4n) is 4.04. The minimum atomic E-state index is -0.965. The van der Waals surface area contributed by atoms with Crippen molar-refractivity contribution in [2.24, 2.45) is 0 Å². The molecule has 0 amide bonds. The van der Waals surface area contributed by atoms with Crippen molar-refractivity contribution in [1.29, 1.82) is 0 Å². The van der Waals surface area contributed by atoms with Crippen molar-refractivity contribution in [2.45, 2.75) is 46.3 Å². The predicted molar refractivity (Wildman–Crippen MR) is 136 cm³/mol. The Hall–Kier alpha value is -3.89. The number of aliphatic hydroxyl groups is 2. The second-order valence-electron chi connectivity index (χ2n) is 8.67. The van der Waals surface area contributed by atoms with Crippen LogP contribution < -0.4 is 10.1 Å². The van der Waals surface area contributed by atoms with Crippen LogP contribution in [-0.4, -0.2) is 60.1 Å². The Morgan fingerprint density at radius 3 is 2.42 bits per heavy atom. The van der Waals surface area contributed by atoms with E-state index in [1.165, 1.54) is 11.1 Å². The molecule has 2 aromatic heterocycles. The van der Waals surface area contributed by atoms with Crippen LogP contribution in [0.25, 0.3) is 11.1 Å². The topological polar surface area (TPSA) is 142 Å². The number of aliphatic hydroxyl groups excluding tert-OH is 2. The van der Waals surface area contributed by atoms with Crippen molar-refractivity contribution in [2.75, 3.05) is 18.5 Å². The fourth-order valence-corrected chi connectivity index (χ4v) is 4.04. The number of H-pyrrole nitrogens is 1. The third kappa shape index (κ3) is 6.21. The normalized spacial score (nSPS) is 11.9. The summed E-state index contributed by atoms with van der Waals surface area (Å²) < 4.78 is 5.44. The molecule has 4 N–H and O–H groups in total. The molecule has 0 saturated carbocycles. The van der Waals surface area contributed by atoms with Crippen molar-refractivity contribution in [3.8, 4) is 17.1 Å². The lowest BCUT2D eigenvalue weighted by Crippen LogP contribution is -2.22. The monoisotopic (exact) mass is 489 g/mol. The lowest BCUT2D eigenvalue weighted by atomic mass is 9.94. The second-order valence-corrected chi connectivity index (χ2v) is 8.67. The molecule has 0 radical (unpaired) electrons. The Morgan fingerprint density at radius 2 is 1.75 bits per heavy atom. The van der Waals surface area contributed by atoms with Gasteiger partial charge in [0.2, 0.25) is 0 Å². The average Bonchev–Trinajstić information content (AvgIpc) is 3.40. The molecule has 1 atom stereocenters. The first-order valence-electron chi connectivity index (χ1n) is 11.9. The summed E-state index contributed by atoms with van der Waals surface area (Å²) in [7, 11) is 0. The first-order chi connectivity index (χ1) is 17.4. The van der Waals surface area contributed by atoms with Gasteiger partial charge >= 0.3 is 6.01 Å². The van der Waals surface area contributed by atoms with Gasteiger partial charge in [0.15, 0.2) is 5.82 Å². The highest BCUT2D eigenvalue weighted by atomic mass is 16.5. The van der Waals surface area contributed by atoms with Crippen molar-refractivity contribution >= 4 is 5.69 Å². The molecule has 4 aromatic rings. The van der Waals surface area contributed by atoms with E-state index < -0.39 is 6.10 Å². The van der Waals surface area contributed by atoms with E-state index in [0.29, 0.717) is 12.4 Å². The van der Waals surface area contributed by atoms with E-state index in [4.69, 9.17) is 9.84 Å². The van der Waals surface area contributed by atoms with Gasteiger partial charge in [-0.2, -0.15) is 15.2 Å². The zero-order chi connectivity index (χ0) is 25.5. The van der Waals surface area contributed by atoms with Gasteiger partial charge in [-0.15, -0.1) is 10.2 Å². The van der Waals surface area contributed by atoms with Crippen LogP contribution in [-0.2, 0) is 19.4 Å². The van der Waals surface area contributed by atoms with Crippen molar-refractivity contribution in [1.82, 2.24) is 30.6 Å². The Kier molecular flexibility index (Phi) is 8.19. The smallest absolute Gasteiger partial charge is 0.316 e. The van der Waals surface area contributed by atoms with Crippen LogP contribution in [0.1, 0.15) is 33.9 Å². The maximum Gasteiger partial charge on any atom is 0.316 e. The maximum absolute atomic E-state index is 9.52. The highest BCUT2D eigenvalue weighted by Gasteiger charge is 2.16. The maximum atomic E-state index is 9.52. The van der Waals surface area contributed by atoms with Crippen LogP contribution in [0, 0.1) is 20.8 Å². The summed E-state index contributed by atoms with van der Waals surface area (Å²) in [6.45, 7) is 6.19. The Bertz CT molecular complexity index is 1250. The number of tetrazole rings is 1. The highest BCUT2D eigenvalue weighted by Crippen LogP contribution is 2.31. The van der Waals surface area contributed by atoms with Crippen LogP contribution in [0.4, 0.5) is 5.69 Å². The van der Waals surface area contributed by atoms with E-state index in [0.717, 1.165) is 46.6 Å². The van der Waals surface area contributed by atoms with Gasteiger partial charge in [-0.05, 0) is 61.6 Å². The summed E-state index contributed by atoms with van der Waals surface area (Å²) in [5.41, 5.74) is 8.22. The molecule has 2 heterocycles. The van der Waals surface area contributed by atoms with Crippen molar-refractivity contribution < 1.29 is 14.9 Å². The van der Waals surface area contributed by atoms with E-state index in [1.54, 1.807) is 0 Å². The van der Waals surface area contributed by atoms with Crippen LogP contribution in [0.2, 0.25) is 0 Å². The minimum Gasteiger partial charge on any atom is -0.461 e. The molecule has 0 aliphatic carbocycles. The number of rotatable bonds is 11. The van der Waals surface area contributed by atoms with Crippen LogP contribution >= 0.6 is 0 Å². The van der Waals surface area contributed by atoms with E-state index >= 15 is 0 Å². The van der Waals surface area contributed by atoms with Gasteiger partial charge in [-0.3, -0.25) is 0 Å². The lowest BCUT2D eigenvalue weighted by molar-refractivity contribution is 0.0503. The van der Waals surface area contributed by atoms with E-state index in [1.807, 2.05) is 19.9 Å². The molecule has 36 heavy (non-hydrogen) atoms. The molecule has 10 nitrogen and oxygen atoms in total. The van der Waals surface area contributed by atoms with Gasteiger partial charge in [0.05, 0.1) is 18.0 Å². The summed E-state index contributed by atoms with van der Waals surface area (Å²) in [5, 5.41) is 36.1. The number of aryl methyl sites for hydroxylation is 4. The number of anilines is 1. The molecular formula is C26H31N7O3.